The summed E-state index contributed by atoms with van der Waals surface area (Å²) in [6.45, 7) is 8.42. The number of fused-ring (bicyclic) bond motifs is 4. The molecule has 0 fully saturated rings. The van der Waals surface area contributed by atoms with Crippen molar-refractivity contribution in [2.45, 2.75) is 38.5 Å². The van der Waals surface area contributed by atoms with Crippen molar-refractivity contribution in [3.05, 3.63) is 318 Å². The van der Waals surface area contributed by atoms with Gasteiger partial charge in [-0.3, -0.25) is 0 Å². The van der Waals surface area contributed by atoms with Gasteiger partial charge in [0.15, 0.2) is 0 Å². The second-order valence-corrected chi connectivity index (χ2v) is 18.5. The lowest BCUT2D eigenvalue weighted by Gasteiger charge is -2.35. The number of nitrogens with zero attached hydrogens (tertiary/aromatic N) is 2. The van der Waals surface area contributed by atoms with E-state index in [1.165, 1.54) is 66.9 Å². The maximum absolute atomic E-state index is 4.42. The Morgan fingerprint density at radius 3 is 1.82 bits per heavy atom. The number of allylic oxidation sites excluding steroid dienone is 12. The molecule has 0 amide bonds. The van der Waals surface area contributed by atoms with Gasteiger partial charge in [0.05, 0.1) is 11.1 Å². The summed E-state index contributed by atoms with van der Waals surface area (Å²) < 4.78 is 0. The lowest BCUT2D eigenvalue weighted by Crippen LogP contribution is -2.28. The first-order valence-corrected chi connectivity index (χ1v) is 25.2. The Morgan fingerprint density at radius 2 is 1.14 bits per heavy atom. The van der Waals surface area contributed by atoms with Crippen LogP contribution in [0.2, 0.25) is 0 Å². The fourth-order valence-electron chi connectivity index (χ4n) is 11.3. The highest BCUT2D eigenvalue weighted by Gasteiger charge is 2.46. The second-order valence-electron chi connectivity index (χ2n) is 18.5. The topological polar surface area (TPSA) is 6.48 Å². The van der Waals surface area contributed by atoms with Gasteiger partial charge in [0, 0.05) is 40.4 Å². The summed E-state index contributed by atoms with van der Waals surface area (Å²) in [5, 5.41) is 0. The molecule has 0 aromatic heterocycles. The van der Waals surface area contributed by atoms with Crippen LogP contribution >= 0.6 is 0 Å². The molecule has 0 saturated heterocycles. The standard InChI is InChI=1S/C67H52N2.C2H6/c1-48-20-17-18-43-68(66-34-16-13-29-61(48)66)59-27-19-28-60(47-59)69(57-39-35-51(36-40-57)54-45-52(49-21-5-2-6-22-49)44-53(46-54)50-23-7-3-8-24-50)58-41-37-56(38-42-58)67(55-25-9-4-10-26-55)64-32-14-11-30-62(64)63-31-12-15-33-65(63)67;1-2/h2-35,37-39,41-45,47,54H,1,36,40,46H2;1-2H3/b20-17-,43-18-;. The molecule has 0 saturated carbocycles. The van der Waals surface area contributed by atoms with Crippen molar-refractivity contribution in [3.8, 4) is 11.1 Å². The predicted octanol–water partition coefficient (Wildman–Crippen LogP) is 18.2. The van der Waals surface area contributed by atoms with Crippen molar-refractivity contribution < 1.29 is 0 Å². The number of hydrogen-bond acceptors (Lipinski definition) is 2. The summed E-state index contributed by atoms with van der Waals surface area (Å²) in [5.41, 5.74) is 21.8. The quantitative estimate of drug-likeness (QED) is 0.142. The lowest BCUT2D eigenvalue weighted by molar-refractivity contribution is 0.708. The van der Waals surface area contributed by atoms with Crippen molar-refractivity contribution in [2.24, 2.45) is 5.92 Å². The number of benzene rings is 8. The summed E-state index contributed by atoms with van der Waals surface area (Å²) in [5.74, 6) is 0.295. The van der Waals surface area contributed by atoms with Gasteiger partial charge in [0.1, 0.15) is 0 Å². The van der Waals surface area contributed by atoms with Crippen LogP contribution in [-0.4, -0.2) is 0 Å². The highest BCUT2D eigenvalue weighted by atomic mass is 15.2. The minimum absolute atomic E-state index is 0.295. The molecule has 0 spiro atoms. The summed E-state index contributed by atoms with van der Waals surface area (Å²) in [6.07, 6.45) is 21.0. The third-order valence-electron chi connectivity index (χ3n) is 14.6. The average molecular weight is 915 g/mol. The summed E-state index contributed by atoms with van der Waals surface area (Å²) in [7, 11) is 0. The molecule has 2 heteroatoms. The largest absolute Gasteiger partial charge is 0.316 e. The van der Waals surface area contributed by atoms with E-state index in [1.807, 2.05) is 13.8 Å². The van der Waals surface area contributed by atoms with Gasteiger partial charge in [-0.2, -0.15) is 0 Å². The molecule has 12 rings (SSSR count). The zero-order chi connectivity index (χ0) is 48.2. The molecule has 71 heavy (non-hydrogen) atoms. The molecule has 0 radical (unpaired) electrons. The van der Waals surface area contributed by atoms with Gasteiger partial charge in [0.25, 0.3) is 0 Å². The Balaban J connectivity index is 0.00000270. The van der Waals surface area contributed by atoms with Crippen molar-refractivity contribution in [2.75, 3.05) is 9.80 Å². The molecule has 0 bridgehead atoms. The van der Waals surface area contributed by atoms with E-state index in [0.717, 1.165) is 53.1 Å². The number of rotatable bonds is 9. The Hall–Kier alpha value is -8.46. The number of para-hydroxylation sites is 1. The zero-order valence-corrected chi connectivity index (χ0v) is 40.6. The smallest absolute Gasteiger partial charge is 0.0713 e. The first kappa shape index (κ1) is 45.0. The second kappa shape index (κ2) is 19.9. The molecule has 2 nitrogen and oxygen atoms in total. The van der Waals surface area contributed by atoms with E-state index < -0.39 is 5.41 Å². The molecule has 1 unspecified atom stereocenters. The number of hydrogen-bond donors (Lipinski definition) is 0. The Bertz CT molecular complexity index is 3370. The van der Waals surface area contributed by atoms with Crippen LogP contribution in [0, 0.1) is 5.92 Å². The van der Waals surface area contributed by atoms with E-state index in [2.05, 4.69) is 277 Å². The van der Waals surface area contributed by atoms with Crippen LogP contribution in [-0.2, 0) is 5.41 Å². The fraction of sp³-hybridized carbons (Fsp3) is 0.101. The highest BCUT2D eigenvalue weighted by molar-refractivity contribution is 5.89. The Labute approximate surface area is 420 Å². The molecule has 344 valence electrons. The van der Waals surface area contributed by atoms with Crippen molar-refractivity contribution >= 4 is 39.5 Å². The molecule has 1 atom stereocenters. The highest BCUT2D eigenvalue weighted by Crippen LogP contribution is 2.56. The van der Waals surface area contributed by atoms with E-state index >= 15 is 0 Å². The van der Waals surface area contributed by atoms with Gasteiger partial charge >= 0.3 is 0 Å². The van der Waals surface area contributed by atoms with Gasteiger partial charge in [-0.25, -0.2) is 0 Å². The first-order chi connectivity index (χ1) is 35.1. The molecule has 0 N–H and O–H groups in total. The molecule has 1 heterocycles. The predicted molar refractivity (Wildman–Crippen MR) is 302 cm³/mol. The average Bonchev–Trinajstić information content (AvgIpc) is 3.75. The fourth-order valence-corrected chi connectivity index (χ4v) is 11.3. The maximum atomic E-state index is 4.42. The summed E-state index contributed by atoms with van der Waals surface area (Å²) in [6, 6.07) is 77.8. The van der Waals surface area contributed by atoms with Gasteiger partial charge < -0.3 is 9.80 Å². The van der Waals surface area contributed by atoms with Crippen molar-refractivity contribution in [3.63, 3.8) is 0 Å². The van der Waals surface area contributed by atoms with Crippen LogP contribution in [0.25, 0.3) is 27.8 Å². The lowest BCUT2D eigenvalue weighted by atomic mass is 9.68. The van der Waals surface area contributed by atoms with Gasteiger partial charge in [0.2, 0.25) is 0 Å². The maximum Gasteiger partial charge on any atom is 0.0713 e. The van der Waals surface area contributed by atoms with Gasteiger partial charge in [-0.1, -0.05) is 232 Å². The van der Waals surface area contributed by atoms with Crippen molar-refractivity contribution in [1.29, 1.82) is 0 Å². The van der Waals surface area contributed by atoms with Crippen LogP contribution in [0.1, 0.15) is 72.1 Å². The SMILES string of the molecule is C=C1/C=C\C=C/N(c2cccc(N(C3=CC=C(C4C=C(c5ccccc5)C=C(c5ccccc5)C4)CC3)c3ccc(C4(c5ccccc5)c5ccccc5-c5ccccc54)cc3)c2)c2ccccc21.CC. The van der Waals surface area contributed by atoms with E-state index in [0.29, 0.717) is 5.92 Å². The van der Waals surface area contributed by atoms with E-state index in [4.69, 9.17) is 0 Å². The molecular formula is C69H58N2. The molecule has 3 aliphatic carbocycles. The molecule has 1 aliphatic heterocycles. The van der Waals surface area contributed by atoms with E-state index in [-0.39, 0.29) is 0 Å². The van der Waals surface area contributed by atoms with E-state index in [9.17, 15) is 0 Å². The summed E-state index contributed by atoms with van der Waals surface area (Å²) >= 11 is 0. The molecule has 8 aromatic carbocycles. The molecule has 4 aliphatic rings. The van der Waals surface area contributed by atoms with Crippen LogP contribution in [0.4, 0.5) is 22.7 Å². The zero-order valence-electron chi connectivity index (χ0n) is 40.6. The van der Waals surface area contributed by atoms with Crippen LogP contribution < -0.4 is 9.80 Å². The first-order valence-electron chi connectivity index (χ1n) is 25.2. The normalized spacial score (nSPS) is 17.2. The summed E-state index contributed by atoms with van der Waals surface area (Å²) in [4.78, 5) is 4.78. The van der Waals surface area contributed by atoms with Crippen LogP contribution in [0.5, 0.6) is 0 Å². The monoisotopic (exact) mass is 914 g/mol. The van der Waals surface area contributed by atoms with Crippen molar-refractivity contribution in [1.82, 2.24) is 0 Å². The Kier molecular flexibility index (Phi) is 12.6. The third-order valence-corrected chi connectivity index (χ3v) is 14.6. The van der Waals surface area contributed by atoms with Gasteiger partial charge in [-0.15, -0.1) is 0 Å². The molecule has 8 aromatic rings. The van der Waals surface area contributed by atoms with Crippen LogP contribution in [0.15, 0.2) is 279 Å². The minimum Gasteiger partial charge on any atom is -0.316 e. The Morgan fingerprint density at radius 1 is 0.535 bits per heavy atom. The minimum atomic E-state index is -0.470. The third kappa shape index (κ3) is 8.36. The number of anilines is 4. The van der Waals surface area contributed by atoms with Gasteiger partial charge in [-0.05, 0) is 129 Å². The molecular weight excluding hydrogens is 857 g/mol. The van der Waals surface area contributed by atoms with Crippen LogP contribution in [0.3, 0.4) is 0 Å². The van der Waals surface area contributed by atoms with E-state index in [1.54, 1.807) is 0 Å².